The van der Waals surface area contributed by atoms with Gasteiger partial charge in [-0.1, -0.05) is 6.92 Å². The van der Waals surface area contributed by atoms with Gasteiger partial charge in [-0.2, -0.15) is 19.0 Å². The summed E-state index contributed by atoms with van der Waals surface area (Å²) in [6.45, 7) is 2.01. The molecule has 0 spiro atoms. The normalized spacial score (nSPS) is 13.6. The fourth-order valence-corrected chi connectivity index (χ4v) is 4.12. The number of hydrogen-bond donors (Lipinski definition) is 1. The lowest BCUT2D eigenvalue weighted by Crippen LogP contribution is -2.27. The number of rotatable bonds is 8. The van der Waals surface area contributed by atoms with Crippen molar-refractivity contribution < 1.29 is 17.2 Å². The van der Waals surface area contributed by atoms with Crippen LogP contribution >= 0.6 is 0 Å². The van der Waals surface area contributed by atoms with Crippen molar-refractivity contribution in [2.75, 3.05) is 6.54 Å². The maximum absolute atomic E-state index is 12.8. The van der Waals surface area contributed by atoms with E-state index in [-0.39, 0.29) is 28.9 Å². The van der Waals surface area contributed by atoms with Gasteiger partial charge in [-0.25, -0.2) is 17.8 Å². The number of halogens is 2. The van der Waals surface area contributed by atoms with Gasteiger partial charge >= 0.3 is 6.55 Å². The SMILES string of the molecule is CC[C@@H](CCNS(=O)(=O)c1c(C)nn(C(F)F)c1C)n1cccn1. The largest absolute Gasteiger partial charge is 0.333 e. The van der Waals surface area contributed by atoms with Crippen LogP contribution in [0.1, 0.15) is 43.7 Å². The van der Waals surface area contributed by atoms with Crippen LogP contribution in [0.3, 0.4) is 0 Å². The minimum atomic E-state index is -3.90. The second-order valence-electron chi connectivity index (χ2n) is 5.46. The van der Waals surface area contributed by atoms with Crippen LogP contribution in [0.5, 0.6) is 0 Å². The first kappa shape index (κ1) is 18.5. The van der Waals surface area contributed by atoms with Gasteiger partial charge in [0.15, 0.2) is 0 Å². The summed E-state index contributed by atoms with van der Waals surface area (Å²) in [4.78, 5) is -0.185. The Balaban J connectivity index is 2.09. The number of sulfonamides is 1. The van der Waals surface area contributed by atoms with E-state index in [1.165, 1.54) is 13.8 Å². The predicted molar refractivity (Wildman–Crippen MR) is 84.3 cm³/mol. The standard InChI is InChI=1S/C14H21F2N5O2S/c1-4-12(20-9-5-7-17-20)6-8-18-24(22,23)13-10(2)19-21(11(13)3)14(15)16/h5,7,9,12,14,18H,4,6,8H2,1-3H3/t12-/m0/s1. The zero-order valence-corrected chi connectivity index (χ0v) is 14.6. The highest BCUT2D eigenvalue weighted by Gasteiger charge is 2.27. The molecular formula is C14H21F2N5O2S. The highest BCUT2D eigenvalue weighted by atomic mass is 32.2. The average Bonchev–Trinajstić information content (AvgIpc) is 3.11. The van der Waals surface area contributed by atoms with E-state index in [4.69, 9.17) is 0 Å². The third-order valence-electron chi connectivity index (χ3n) is 3.85. The van der Waals surface area contributed by atoms with Crippen LogP contribution in [-0.4, -0.2) is 34.5 Å². The van der Waals surface area contributed by atoms with Crippen molar-refractivity contribution in [1.82, 2.24) is 24.3 Å². The van der Waals surface area contributed by atoms with Crippen LogP contribution < -0.4 is 4.72 Å². The Hall–Kier alpha value is -1.81. The van der Waals surface area contributed by atoms with Gasteiger partial charge in [0.1, 0.15) is 4.90 Å². The van der Waals surface area contributed by atoms with Gasteiger partial charge in [0, 0.05) is 18.9 Å². The van der Waals surface area contributed by atoms with Crippen molar-refractivity contribution >= 4 is 10.0 Å². The van der Waals surface area contributed by atoms with Gasteiger partial charge in [0.25, 0.3) is 0 Å². The van der Waals surface area contributed by atoms with Crippen molar-refractivity contribution in [3.05, 3.63) is 29.8 Å². The lowest BCUT2D eigenvalue weighted by Gasteiger charge is -2.16. The molecule has 134 valence electrons. The molecule has 0 fully saturated rings. The van der Waals surface area contributed by atoms with Crippen LogP contribution in [0.2, 0.25) is 0 Å². The van der Waals surface area contributed by atoms with Crippen molar-refractivity contribution in [3.63, 3.8) is 0 Å². The van der Waals surface area contributed by atoms with E-state index in [9.17, 15) is 17.2 Å². The van der Waals surface area contributed by atoms with Gasteiger partial charge in [-0.05, 0) is 32.8 Å². The van der Waals surface area contributed by atoms with E-state index < -0.39 is 16.6 Å². The maximum atomic E-state index is 12.8. The van der Waals surface area contributed by atoms with Gasteiger partial charge in [-0.15, -0.1) is 0 Å². The summed E-state index contributed by atoms with van der Waals surface area (Å²) in [6, 6.07) is 1.87. The summed E-state index contributed by atoms with van der Waals surface area (Å²) in [6.07, 6.45) is 4.82. The Morgan fingerprint density at radius 2 is 2.04 bits per heavy atom. The van der Waals surface area contributed by atoms with Crippen LogP contribution in [0, 0.1) is 13.8 Å². The Bertz CT molecular complexity index is 771. The maximum Gasteiger partial charge on any atom is 0.333 e. The van der Waals surface area contributed by atoms with Gasteiger partial charge in [-0.3, -0.25) is 4.68 Å². The predicted octanol–water partition coefficient (Wildman–Crippen LogP) is 2.41. The van der Waals surface area contributed by atoms with E-state index in [2.05, 4.69) is 14.9 Å². The molecule has 1 N–H and O–H groups in total. The van der Waals surface area contributed by atoms with Crippen molar-refractivity contribution in [1.29, 1.82) is 0 Å². The molecule has 2 aromatic heterocycles. The molecule has 0 aliphatic rings. The minimum absolute atomic E-state index is 0.0550. The Kier molecular flexibility index (Phi) is 5.70. The van der Waals surface area contributed by atoms with E-state index in [1.807, 2.05) is 13.1 Å². The molecule has 2 rings (SSSR count). The van der Waals surface area contributed by atoms with Crippen LogP contribution in [0.15, 0.2) is 23.4 Å². The summed E-state index contributed by atoms with van der Waals surface area (Å²) in [7, 11) is -3.90. The number of hydrogen-bond acceptors (Lipinski definition) is 4. The molecule has 0 radical (unpaired) electrons. The molecule has 0 saturated heterocycles. The minimum Gasteiger partial charge on any atom is -0.270 e. The first-order valence-corrected chi connectivity index (χ1v) is 9.09. The van der Waals surface area contributed by atoms with Crippen LogP contribution in [0.4, 0.5) is 8.78 Å². The fraction of sp³-hybridized carbons (Fsp3) is 0.571. The molecular weight excluding hydrogens is 340 g/mol. The fourth-order valence-electron chi connectivity index (χ4n) is 2.68. The molecule has 0 amide bonds. The van der Waals surface area contributed by atoms with Crippen LogP contribution in [0.25, 0.3) is 0 Å². The quantitative estimate of drug-likeness (QED) is 0.783. The lowest BCUT2D eigenvalue weighted by atomic mass is 10.1. The highest BCUT2D eigenvalue weighted by Crippen LogP contribution is 2.23. The molecule has 0 unspecified atom stereocenters. The monoisotopic (exact) mass is 361 g/mol. The van der Waals surface area contributed by atoms with Gasteiger partial charge in [0.2, 0.25) is 10.0 Å². The molecule has 10 heteroatoms. The second kappa shape index (κ2) is 7.39. The van der Waals surface area contributed by atoms with E-state index in [0.717, 1.165) is 6.42 Å². The third-order valence-corrected chi connectivity index (χ3v) is 5.56. The number of nitrogens with zero attached hydrogens (tertiary/aromatic N) is 4. The number of alkyl halides is 2. The summed E-state index contributed by atoms with van der Waals surface area (Å²) < 4.78 is 55.2. The molecule has 1 atom stereocenters. The first-order valence-electron chi connectivity index (χ1n) is 7.60. The van der Waals surface area contributed by atoms with Gasteiger partial charge < -0.3 is 0 Å². The summed E-state index contributed by atoms with van der Waals surface area (Å²) in [5.74, 6) is 0. The number of aryl methyl sites for hydroxylation is 1. The van der Waals surface area contributed by atoms with E-state index in [0.29, 0.717) is 11.1 Å². The zero-order valence-electron chi connectivity index (χ0n) is 13.8. The van der Waals surface area contributed by atoms with Gasteiger partial charge in [0.05, 0.1) is 17.4 Å². The van der Waals surface area contributed by atoms with E-state index in [1.54, 1.807) is 16.9 Å². The topological polar surface area (TPSA) is 81.8 Å². The molecule has 0 bridgehead atoms. The molecule has 7 nitrogen and oxygen atoms in total. The molecule has 2 heterocycles. The number of aromatic nitrogens is 4. The second-order valence-corrected chi connectivity index (χ2v) is 7.16. The third kappa shape index (κ3) is 3.81. The van der Waals surface area contributed by atoms with Crippen molar-refractivity contribution in [2.24, 2.45) is 0 Å². The molecule has 0 aromatic carbocycles. The summed E-state index contributed by atoms with van der Waals surface area (Å²) in [5.41, 5.74) is -0.0199. The molecule has 0 aliphatic heterocycles. The zero-order chi connectivity index (χ0) is 17.9. The summed E-state index contributed by atoms with van der Waals surface area (Å²) >= 11 is 0. The van der Waals surface area contributed by atoms with Crippen molar-refractivity contribution in [3.8, 4) is 0 Å². The molecule has 2 aromatic rings. The Morgan fingerprint density at radius 1 is 1.33 bits per heavy atom. The first-order chi connectivity index (χ1) is 11.3. The lowest BCUT2D eigenvalue weighted by molar-refractivity contribution is 0.0538. The van der Waals surface area contributed by atoms with Crippen LogP contribution in [-0.2, 0) is 10.0 Å². The highest BCUT2D eigenvalue weighted by molar-refractivity contribution is 7.89. The summed E-state index contributed by atoms with van der Waals surface area (Å²) in [5, 5.41) is 7.76. The Morgan fingerprint density at radius 3 is 2.54 bits per heavy atom. The Labute approximate surface area is 139 Å². The number of nitrogens with one attached hydrogen (secondary N) is 1. The molecule has 24 heavy (non-hydrogen) atoms. The molecule has 0 aliphatic carbocycles. The van der Waals surface area contributed by atoms with E-state index >= 15 is 0 Å². The smallest absolute Gasteiger partial charge is 0.270 e. The molecule has 0 saturated carbocycles. The van der Waals surface area contributed by atoms with Crippen molar-refractivity contribution in [2.45, 2.75) is 51.1 Å². The average molecular weight is 361 g/mol.